The maximum absolute atomic E-state index is 12.4. The first-order chi connectivity index (χ1) is 10.7. The Labute approximate surface area is 132 Å². The highest BCUT2D eigenvalue weighted by molar-refractivity contribution is 6.05. The van der Waals surface area contributed by atoms with Gasteiger partial charge in [0.15, 0.2) is 0 Å². The molecule has 0 bridgehead atoms. The molecule has 1 aromatic carbocycles. The lowest BCUT2D eigenvalue weighted by Gasteiger charge is -2.22. The highest BCUT2D eigenvalue weighted by atomic mass is 16.2. The van der Waals surface area contributed by atoms with Crippen LogP contribution in [0, 0.1) is 0 Å². The van der Waals surface area contributed by atoms with Gasteiger partial charge in [-0.3, -0.25) is 9.59 Å². The maximum Gasteiger partial charge on any atom is 0.236 e. The summed E-state index contributed by atoms with van der Waals surface area (Å²) in [5, 5.41) is 3.03. The zero-order chi connectivity index (χ0) is 15.8. The largest absolute Gasteiger partial charge is 0.353 e. The number of amides is 2. The van der Waals surface area contributed by atoms with Crippen molar-refractivity contribution in [2.45, 2.75) is 57.9 Å². The fraction of sp³-hybridized carbons (Fsp3) is 0.556. The van der Waals surface area contributed by atoms with Crippen LogP contribution >= 0.6 is 0 Å². The average Bonchev–Trinajstić information content (AvgIpc) is 2.77. The topological polar surface area (TPSA) is 49.4 Å². The highest BCUT2D eigenvalue weighted by Crippen LogP contribution is 2.18. The van der Waals surface area contributed by atoms with Crippen molar-refractivity contribution in [3.63, 3.8) is 0 Å². The van der Waals surface area contributed by atoms with Crippen molar-refractivity contribution in [3.8, 4) is 0 Å². The number of benzene rings is 1. The summed E-state index contributed by atoms with van der Waals surface area (Å²) in [6.07, 6.45) is 6.85. The molecule has 0 aliphatic heterocycles. The van der Waals surface area contributed by atoms with Crippen LogP contribution < -0.4 is 10.2 Å². The predicted molar refractivity (Wildman–Crippen MR) is 88.7 cm³/mol. The van der Waals surface area contributed by atoms with Gasteiger partial charge in [-0.2, -0.15) is 0 Å². The molecule has 1 N–H and O–H groups in total. The lowest BCUT2D eigenvalue weighted by molar-refractivity contribution is -0.128. The van der Waals surface area contributed by atoms with Gasteiger partial charge in [-0.05, 0) is 31.9 Å². The molecule has 1 aliphatic carbocycles. The minimum Gasteiger partial charge on any atom is -0.353 e. The first-order valence-electron chi connectivity index (χ1n) is 8.35. The number of nitrogens with zero attached hydrogens (tertiary/aromatic N) is 1. The molecule has 1 aliphatic rings. The fourth-order valence-corrected chi connectivity index (χ4v) is 3.05. The van der Waals surface area contributed by atoms with Gasteiger partial charge in [-0.1, -0.05) is 43.9 Å². The molecular formula is C18H26N2O2. The number of hydrogen-bond acceptors (Lipinski definition) is 2. The van der Waals surface area contributed by atoms with Gasteiger partial charge >= 0.3 is 0 Å². The van der Waals surface area contributed by atoms with E-state index in [1.165, 1.54) is 25.7 Å². The molecule has 0 heterocycles. The van der Waals surface area contributed by atoms with Crippen LogP contribution in [0.3, 0.4) is 0 Å². The minimum atomic E-state index is -0.147. The lowest BCUT2D eigenvalue weighted by Crippen LogP contribution is -2.39. The third-order valence-corrected chi connectivity index (χ3v) is 4.22. The second kappa shape index (κ2) is 8.57. The van der Waals surface area contributed by atoms with Crippen molar-refractivity contribution >= 4 is 17.5 Å². The van der Waals surface area contributed by atoms with Crippen LogP contribution in [0.15, 0.2) is 30.3 Å². The minimum absolute atomic E-state index is 0.0702. The predicted octanol–water partition coefficient (Wildman–Crippen LogP) is 3.27. The van der Waals surface area contributed by atoms with Gasteiger partial charge in [0.1, 0.15) is 6.42 Å². The van der Waals surface area contributed by atoms with E-state index in [0.717, 1.165) is 18.5 Å². The van der Waals surface area contributed by atoms with E-state index in [2.05, 4.69) is 5.32 Å². The summed E-state index contributed by atoms with van der Waals surface area (Å²) >= 11 is 0. The van der Waals surface area contributed by atoms with Gasteiger partial charge < -0.3 is 10.2 Å². The third kappa shape index (κ3) is 4.86. The van der Waals surface area contributed by atoms with Crippen LogP contribution in [-0.2, 0) is 9.59 Å². The van der Waals surface area contributed by atoms with Gasteiger partial charge in [0.25, 0.3) is 0 Å². The quantitative estimate of drug-likeness (QED) is 0.670. The third-order valence-electron chi connectivity index (χ3n) is 4.22. The normalized spacial score (nSPS) is 15.9. The molecule has 0 saturated heterocycles. The Morgan fingerprint density at radius 3 is 2.32 bits per heavy atom. The number of para-hydroxylation sites is 1. The molecule has 1 fully saturated rings. The van der Waals surface area contributed by atoms with Crippen LogP contribution in [0.1, 0.15) is 51.9 Å². The Hall–Kier alpha value is -1.84. The van der Waals surface area contributed by atoms with Crippen LogP contribution in [0.4, 0.5) is 5.69 Å². The SMILES string of the molecule is CCN(C(=O)CC(=O)NC1CCCCCC1)c1ccccc1. The number of rotatable bonds is 5. The molecule has 4 nitrogen and oxygen atoms in total. The molecule has 1 aromatic rings. The van der Waals surface area contributed by atoms with Crippen molar-refractivity contribution in [2.75, 3.05) is 11.4 Å². The number of nitrogens with one attached hydrogen (secondary N) is 1. The smallest absolute Gasteiger partial charge is 0.236 e. The van der Waals surface area contributed by atoms with Crippen molar-refractivity contribution in [2.24, 2.45) is 0 Å². The van der Waals surface area contributed by atoms with Gasteiger partial charge in [0.05, 0.1) is 0 Å². The molecule has 2 amide bonds. The van der Waals surface area contributed by atoms with Crippen LogP contribution in [0.5, 0.6) is 0 Å². The number of carbonyl (C=O) groups is 2. The summed E-state index contributed by atoms with van der Waals surface area (Å²) < 4.78 is 0. The Bertz CT molecular complexity index is 479. The molecule has 4 heteroatoms. The molecule has 0 aromatic heterocycles. The van der Waals surface area contributed by atoms with E-state index in [1.807, 2.05) is 37.3 Å². The molecule has 0 radical (unpaired) electrons. The average molecular weight is 302 g/mol. The molecular weight excluding hydrogens is 276 g/mol. The van der Waals surface area contributed by atoms with E-state index in [4.69, 9.17) is 0 Å². The van der Waals surface area contributed by atoms with E-state index in [0.29, 0.717) is 6.54 Å². The molecule has 0 atom stereocenters. The lowest BCUT2D eigenvalue weighted by atomic mass is 10.1. The molecule has 22 heavy (non-hydrogen) atoms. The van der Waals surface area contributed by atoms with Crippen molar-refractivity contribution < 1.29 is 9.59 Å². The Morgan fingerprint density at radius 2 is 1.73 bits per heavy atom. The first kappa shape index (κ1) is 16.5. The van der Waals surface area contributed by atoms with Crippen molar-refractivity contribution in [1.82, 2.24) is 5.32 Å². The monoisotopic (exact) mass is 302 g/mol. The van der Waals surface area contributed by atoms with Crippen molar-refractivity contribution in [1.29, 1.82) is 0 Å². The summed E-state index contributed by atoms with van der Waals surface area (Å²) in [7, 11) is 0. The second-order valence-corrected chi connectivity index (χ2v) is 5.91. The summed E-state index contributed by atoms with van der Waals surface area (Å²) in [5.41, 5.74) is 0.845. The Kier molecular flexibility index (Phi) is 6.44. The van der Waals surface area contributed by atoms with E-state index in [1.54, 1.807) is 4.90 Å². The molecule has 0 spiro atoms. The standard InChI is InChI=1S/C18H26N2O2/c1-2-20(16-12-8-5-9-13-16)18(22)14-17(21)19-15-10-6-3-4-7-11-15/h5,8-9,12-13,15H,2-4,6-7,10-11,14H2,1H3,(H,19,21). The van der Waals surface area contributed by atoms with Crippen molar-refractivity contribution in [3.05, 3.63) is 30.3 Å². The number of hydrogen-bond donors (Lipinski definition) is 1. The summed E-state index contributed by atoms with van der Waals surface area (Å²) in [4.78, 5) is 26.1. The van der Waals surface area contributed by atoms with Gasteiger partial charge in [0, 0.05) is 18.3 Å². The van der Waals surface area contributed by atoms with E-state index < -0.39 is 0 Å². The summed E-state index contributed by atoms with van der Waals surface area (Å²) in [6, 6.07) is 9.75. The number of anilines is 1. The molecule has 120 valence electrons. The molecule has 0 unspecified atom stereocenters. The molecule has 2 rings (SSSR count). The van der Waals surface area contributed by atoms with E-state index in [-0.39, 0.29) is 24.3 Å². The van der Waals surface area contributed by atoms with Gasteiger partial charge in [-0.25, -0.2) is 0 Å². The van der Waals surface area contributed by atoms with Crippen LogP contribution in [0.25, 0.3) is 0 Å². The van der Waals surface area contributed by atoms with Crippen LogP contribution in [-0.4, -0.2) is 24.4 Å². The highest BCUT2D eigenvalue weighted by Gasteiger charge is 2.20. The zero-order valence-corrected chi connectivity index (χ0v) is 13.4. The van der Waals surface area contributed by atoms with E-state index in [9.17, 15) is 9.59 Å². The summed E-state index contributed by atoms with van der Waals surface area (Å²) in [5.74, 6) is -0.286. The fourth-order valence-electron chi connectivity index (χ4n) is 3.05. The maximum atomic E-state index is 12.4. The van der Waals surface area contributed by atoms with Gasteiger partial charge in [-0.15, -0.1) is 0 Å². The zero-order valence-electron chi connectivity index (χ0n) is 13.4. The summed E-state index contributed by atoms with van der Waals surface area (Å²) in [6.45, 7) is 2.49. The molecule has 1 saturated carbocycles. The van der Waals surface area contributed by atoms with E-state index >= 15 is 0 Å². The first-order valence-corrected chi connectivity index (χ1v) is 8.35. The van der Waals surface area contributed by atoms with Crippen LogP contribution in [0.2, 0.25) is 0 Å². The van der Waals surface area contributed by atoms with Gasteiger partial charge in [0.2, 0.25) is 11.8 Å². The second-order valence-electron chi connectivity index (χ2n) is 5.91. The number of carbonyl (C=O) groups excluding carboxylic acids is 2. The Balaban J connectivity index is 1.88. The Morgan fingerprint density at radius 1 is 1.09 bits per heavy atom.